The van der Waals surface area contributed by atoms with Crippen molar-refractivity contribution >= 4 is 11.6 Å². The molecule has 3 rings (SSSR count). The van der Waals surface area contributed by atoms with Crippen LogP contribution in [-0.4, -0.2) is 23.1 Å². The van der Waals surface area contributed by atoms with E-state index in [2.05, 4.69) is 10.6 Å². The molecule has 1 aromatic carbocycles. The Morgan fingerprint density at radius 1 is 0.875 bits per heavy atom. The molecule has 0 atom stereocenters. The Labute approximate surface area is 145 Å². The maximum absolute atomic E-state index is 10.1. The topological polar surface area (TPSA) is 56.6 Å². The second-order valence-corrected chi connectivity index (χ2v) is 7.24. The number of nitrogens with one attached hydrogen (secondary N) is 2. The van der Waals surface area contributed by atoms with Crippen molar-refractivity contribution in [3.05, 3.63) is 24.3 Å². The molecule has 0 amide bonds. The molecule has 2 fully saturated rings. The first kappa shape index (κ1) is 17.1. The highest BCUT2D eigenvalue weighted by molar-refractivity contribution is 5.95. The molecule has 0 radical (unpaired) electrons. The van der Waals surface area contributed by atoms with Gasteiger partial charge in [0.05, 0.1) is 11.7 Å². The average molecular weight is 329 g/mol. The predicted molar refractivity (Wildman–Crippen MR) is 101 cm³/mol. The van der Waals surface area contributed by atoms with E-state index in [0.29, 0.717) is 12.1 Å². The average Bonchev–Trinajstić information content (AvgIpc) is 2.86. The Hall–Kier alpha value is -1.71. The molecule has 3 N–H and O–H groups in total. The zero-order valence-corrected chi connectivity index (χ0v) is 14.6. The molecule has 1 aromatic rings. The molecule has 2 saturated carbocycles. The SMILES string of the molecule is Oc1ccccc1NC(=NC1CCCCCC1)NC1CCCCC1. The molecule has 0 aliphatic heterocycles. The van der Waals surface area contributed by atoms with Crippen molar-refractivity contribution in [2.24, 2.45) is 4.99 Å². The van der Waals surface area contributed by atoms with Crippen LogP contribution in [0.3, 0.4) is 0 Å². The first-order valence-electron chi connectivity index (χ1n) is 9.70. The second-order valence-electron chi connectivity index (χ2n) is 7.24. The molecule has 2 aliphatic rings. The predicted octanol–water partition coefficient (Wildman–Crippen LogP) is 4.81. The number of phenolic OH excluding ortho intramolecular Hbond substituents is 1. The second kappa shape index (κ2) is 8.95. The van der Waals surface area contributed by atoms with Crippen LogP contribution in [0, 0.1) is 0 Å². The van der Waals surface area contributed by atoms with Gasteiger partial charge in [-0.2, -0.15) is 0 Å². The fourth-order valence-electron chi connectivity index (χ4n) is 3.82. The molecule has 4 nitrogen and oxygen atoms in total. The van der Waals surface area contributed by atoms with Gasteiger partial charge < -0.3 is 15.7 Å². The van der Waals surface area contributed by atoms with E-state index >= 15 is 0 Å². The van der Waals surface area contributed by atoms with Crippen LogP contribution in [0.25, 0.3) is 0 Å². The van der Waals surface area contributed by atoms with E-state index in [1.807, 2.05) is 18.2 Å². The summed E-state index contributed by atoms with van der Waals surface area (Å²) in [5.74, 6) is 1.12. The smallest absolute Gasteiger partial charge is 0.196 e. The Kier molecular flexibility index (Phi) is 6.39. The minimum Gasteiger partial charge on any atom is -0.506 e. The summed E-state index contributed by atoms with van der Waals surface area (Å²) in [6, 6.07) is 8.30. The molecule has 2 aliphatic carbocycles. The number of hydrogen-bond donors (Lipinski definition) is 3. The number of guanidine groups is 1. The third kappa shape index (κ3) is 5.15. The van der Waals surface area contributed by atoms with Gasteiger partial charge in [0.1, 0.15) is 5.75 Å². The van der Waals surface area contributed by atoms with Crippen LogP contribution in [0.15, 0.2) is 29.3 Å². The lowest BCUT2D eigenvalue weighted by atomic mass is 9.96. The Balaban J connectivity index is 1.72. The molecule has 0 spiro atoms. The van der Waals surface area contributed by atoms with Crippen molar-refractivity contribution < 1.29 is 5.11 Å². The number of hydrogen-bond acceptors (Lipinski definition) is 2. The zero-order chi connectivity index (χ0) is 16.6. The highest BCUT2D eigenvalue weighted by Crippen LogP contribution is 2.24. The lowest BCUT2D eigenvalue weighted by Crippen LogP contribution is -2.41. The Morgan fingerprint density at radius 3 is 2.21 bits per heavy atom. The highest BCUT2D eigenvalue weighted by atomic mass is 16.3. The molecular formula is C20H31N3O. The number of aromatic hydroxyl groups is 1. The number of anilines is 1. The van der Waals surface area contributed by atoms with Crippen molar-refractivity contribution in [2.45, 2.75) is 82.7 Å². The van der Waals surface area contributed by atoms with E-state index in [-0.39, 0.29) is 5.75 Å². The van der Waals surface area contributed by atoms with Gasteiger partial charge in [-0.15, -0.1) is 0 Å². The number of nitrogens with zero attached hydrogens (tertiary/aromatic N) is 1. The van der Waals surface area contributed by atoms with Gasteiger partial charge in [0.25, 0.3) is 0 Å². The third-order valence-corrected chi connectivity index (χ3v) is 5.24. The van der Waals surface area contributed by atoms with Gasteiger partial charge in [-0.1, -0.05) is 57.1 Å². The number of phenols is 1. The number of aliphatic imine (C=N–C) groups is 1. The van der Waals surface area contributed by atoms with Crippen molar-refractivity contribution in [1.82, 2.24) is 5.32 Å². The Bertz CT molecular complexity index is 529. The van der Waals surface area contributed by atoms with E-state index in [1.54, 1.807) is 6.07 Å². The normalized spacial score (nSPS) is 21.2. The highest BCUT2D eigenvalue weighted by Gasteiger charge is 2.18. The monoisotopic (exact) mass is 329 g/mol. The molecule has 4 heteroatoms. The van der Waals surface area contributed by atoms with Gasteiger partial charge in [0, 0.05) is 6.04 Å². The van der Waals surface area contributed by atoms with Crippen molar-refractivity contribution in [1.29, 1.82) is 0 Å². The molecule has 0 bridgehead atoms. The maximum Gasteiger partial charge on any atom is 0.196 e. The minimum absolute atomic E-state index is 0.275. The van der Waals surface area contributed by atoms with Crippen LogP contribution in [0.5, 0.6) is 5.75 Å². The van der Waals surface area contributed by atoms with Crippen LogP contribution in [0.1, 0.15) is 70.6 Å². The summed E-state index contributed by atoms with van der Waals surface area (Å²) in [7, 11) is 0. The largest absolute Gasteiger partial charge is 0.506 e. The number of para-hydroxylation sites is 2. The van der Waals surface area contributed by atoms with E-state index in [1.165, 1.54) is 70.6 Å². The summed E-state index contributed by atoms with van der Waals surface area (Å²) in [5, 5.41) is 17.0. The van der Waals surface area contributed by atoms with Crippen molar-refractivity contribution in [2.75, 3.05) is 5.32 Å². The van der Waals surface area contributed by atoms with Gasteiger partial charge in [-0.05, 0) is 37.8 Å². The summed E-state index contributed by atoms with van der Waals surface area (Å²) < 4.78 is 0. The fourth-order valence-corrected chi connectivity index (χ4v) is 3.82. The van der Waals surface area contributed by atoms with Crippen LogP contribution < -0.4 is 10.6 Å². The van der Waals surface area contributed by atoms with Crippen molar-refractivity contribution in [3.8, 4) is 5.75 Å². The standard InChI is InChI=1S/C20H31N3O/c24-19-15-9-8-14-18(19)23-20(22-17-12-6-3-7-13-17)21-16-10-4-1-2-5-11-16/h8-9,14-17,24H,1-7,10-13H2,(H2,21,22,23). The summed E-state index contributed by atoms with van der Waals surface area (Å²) in [6.45, 7) is 0. The molecule has 0 aromatic heterocycles. The summed E-state index contributed by atoms with van der Waals surface area (Å²) in [4.78, 5) is 5.01. The summed E-state index contributed by atoms with van der Waals surface area (Å²) in [5.41, 5.74) is 0.730. The maximum atomic E-state index is 10.1. The zero-order valence-electron chi connectivity index (χ0n) is 14.6. The quantitative estimate of drug-likeness (QED) is 0.323. The minimum atomic E-state index is 0.275. The van der Waals surface area contributed by atoms with Gasteiger partial charge >= 0.3 is 0 Å². The van der Waals surface area contributed by atoms with Crippen LogP contribution in [-0.2, 0) is 0 Å². The first-order chi connectivity index (χ1) is 11.8. The van der Waals surface area contributed by atoms with Crippen LogP contribution >= 0.6 is 0 Å². The fraction of sp³-hybridized carbons (Fsp3) is 0.650. The molecule has 0 unspecified atom stereocenters. The number of benzene rings is 1. The number of rotatable bonds is 3. The van der Waals surface area contributed by atoms with Gasteiger partial charge in [0.2, 0.25) is 0 Å². The third-order valence-electron chi connectivity index (χ3n) is 5.24. The molecule has 132 valence electrons. The lowest BCUT2D eigenvalue weighted by molar-refractivity contribution is 0.412. The summed E-state index contributed by atoms with van der Waals surface area (Å²) >= 11 is 0. The van der Waals surface area contributed by atoms with Gasteiger partial charge in [-0.3, -0.25) is 0 Å². The van der Waals surface area contributed by atoms with E-state index < -0.39 is 0 Å². The van der Waals surface area contributed by atoms with E-state index in [4.69, 9.17) is 4.99 Å². The van der Waals surface area contributed by atoms with Gasteiger partial charge in [-0.25, -0.2) is 4.99 Å². The molecule has 24 heavy (non-hydrogen) atoms. The molecule has 0 saturated heterocycles. The molecular weight excluding hydrogens is 298 g/mol. The lowest BCUT2D eigenvalue weighted by Gasteiger charge is -2.26. The van der Waals surface area contributed by atoms with Crippen LogP contribution in [0.4, 0.5) is 5.69 Å². The van der Waals surface area contributed by atoms with Gasteiger partial charge in [0.15, 0.2) is 5.96 Å². The van der Waals surface area contributed by atoms with Crippen LogP contribution in [0.2, 0.25) is 0 Å². The van der Waals surface area contributed by atoms with E-state index in [0.717, 1.165) is 11.6 Å². The first-order valence-corrected chi connectivity index (χ1v) is 9.70. The van der Waals surface area contributed by atoms with Crippen molar-refractivity contribution in [3.63, 3.8) is 0 Å². The Morgan fingerprint density at radius 2 is 1.50 bits per heavy atom. The molecule has 0 heterocycles. The van der Waals surface area contributed by atoms with E-state index in [9.17, 15) is 5.11 Å². The summed E-state index contributed by atoms with van der Waals surface area (Å²) in [6.07, 6.45) is 14.0.